The molecule has 0 atom stereocenters. The Bertz CT molecular complexity index is 713. The third kappa shape index (κ3) is 3.91. The number of nitrogens with zero attached hydrogens (tertiary/aromatic N) is 3. The molecular formula is C19H23N3O3. The number of carbonyl (C=O) groups is 1. The average molecular weight is 341 g/mol. The standard InChI is InChI=1S/C19H23N3O3/c1-24-17-7-3-6-16(18(17)25-2)19(23)22-11-9-21(10-12-22)14-15-5-4-8-20-13-15/h3-8,13H,9-12,14H2,1-2H3. The van der Waals surface area contributed by atoms with Crippen molar-refractivity contribution >= 4 is 5.91 Å². The number of methoxy groups -OCH3 is 2. The fraction of sp³-hybridized carbons (Fsp3) is 0.368. The number of carbonyl (C=O) groups excluding carboxylic acids is 1. The highest BCUT2D eigenvalue weighted by molar-refractivity contribution is 5.97. The Morgan fingerprint density at radius 1 is 1.08 bits per heavy atom. The molecule has 1 saturated heterocycles. The van der Waals surface area contributed by atoms with Crippen molar-refractivity contribution < 1.29 is 14.3 Å². The molecule has 0 N–H and O–H groups in total. The van der Waals surface area contributed by atoms with E-state index < -0.39 is 0 Å². The van der Waals surface area contributed by atoms with Gasteiger partial charge in [0.05, 0.1) is 19.8 Å². The molecule has 2 aromatic rings. The summed E-state index contributed by atoms with van der Waals surface area (Å²) in [4.78, 5) is 21.2. The molecule has 0 spiro atoms. The van der Waals surface area contributed by atoms with Gasteiger partial charge in [-0.25, -0.2) is 0 Å². The highest BCUT2D eigenvalue weighted by Gasteiger charge is 2.25. The molecule has 3 rings (SSSR count). The summed E-state index contributed by atoms with van der Waals surface area (Å²) in [5.41, 5.74) is 1.74. The highest BCUT2D eigenvalue weighted by Crippen LogP contribution is 2.31. The highest BCUT2D eigenvalue weighted by atomic mass is 16.5. The number of hydrogen-bond acceptors (Lipinski definition) is 5. The number of para-hydroxylation sites is 1. The van der Waals surface area contributed by atoms with Gasteiger partial charge in [0.25, 0.3) is 5.91 Å². The van der Waals surface area contributed by atoms with Crippen molar-refractivity contribution in [1.29, 1.82) is 0 Å². The molecule has 1 aromatic carbocycles. The minimum atomic E-state index is -0.0169. The van der Waals surface area contributed by atoms with E-state index in [2.05, 4.69) is 16.0 Å². The van der Waals surface area contributed by atoms with Crippen LogP contribution in [0.5, 0.6) is 11.5 Å². The van der Waals surface area contributed by atoms with Crippen LogP contribution in [-0.4, -0.2) is 61.1 Å². The molecular weight excluding hydrogens is 318 g/mol. The molecule has 1 amide bonds. The van der Waals surface area contributed by atoms with Crippen LogP contribution < -0.4 is 9.47 Å². The van der Waals surface area contributed by atoms with Gasteiger partial charge >= 0.3 is 0 Å². The summed E-state index contributed by atoms with van der Waals surface area (Å²) in [6.07, 6.45) is 3.67. The number of rotatable bonds is 5. The zero-order valence-corrected chi connectivity index (χ0v) is 14.6. The quantitative estimate of drug-likeness (QED) is 0.833. The van der Waals surface area contributed by atoms with Crippen molar-refractivity contribution in [3.05, 3.63) is 53.9 Å². The van der Waals surface area contributed by atoms with Crippen LogP contribution in [0.3, 0.4) is 0 Å². The second-order valence-corrected chi connectivity index (χ2v) is 5.97. The molecule has 2 heterocycles. The van der Waals surface area contributed by atoms with E-state index in [0.29, 0.717) is 30.2 Å². The smallest absolute Gasteiger partial charge is 0.257 e. The third-order valence-corrected chi connectivity index (χ3v) is 4.42. The third-order valence-electron chi connectivity index (χ3n) is 4.42. The Labute approximate surface area is 148 Å². The van der Waals surface area contributed by atoms with Gasteiger partial charge in [-0.1, -0.05) is 12.1 Å². The Morgan fingerprint density at radius 2 is 1.88 bits per heavy atom. The first-order chi connectivity index (χ1) is 12.2. The van der Waals surface area contributed by atoms with Crippen LogP contribution in [0.4, 0.5) is 0 Å². The summed E-state index contributed by atoms with van der Waals surface area (Å²) in [5.74, 6) is 1.05. The van der Waals surface area contributed by atoms with E-state index in [0.717, 1.165) is 19.6 Å². The predicted molar refractivity (Wildman–Crippen MR) is 95.0 cm³/mol. The molecule has 6 nitrogen and oxygen atoms in total. The molecule has 0 aliphatic carbocycles. The van der Waals surface area contributed by atoms with Gasteiger partial charge in [0.2, 0.25) is 0 Å². The van der Waals surface area contributed by atoms with Crippen LogP contribution in [0.1, 0.15) is 15.9 Å². The zero-order chi connectivity index (χ0) is 17.6. The number of benzene rings is 1. The van der Waals surface area contributed by atoms with Crippen molar-refractivity contribution in [2.75, 3.05) is 40.4 Å². The second kappa shape index (κ2) is 7.98. The molecule has 0 saturated carbocycles. The van der Waals surface area contributed by atoms with Gasteiger partial charge in [0.15, 0.2) is 11.5 Å². The Hall–Kier alpha value is -2.60. The minimum absolute atomic E-state index is 0.0169. The van der Waals surface area contributed by atoms with E-state index in [1.807, 2.05) is 23.2 Å². The monoisotopic (exact) mass is 341 g/mol. The summed E-state index contributed by atoms with van der Waals surface area (Å²) >= 11 is 0. The number of pyridine rings is 1. The zero-order valence-electron chi connectivity index (χ0n) is 14.6. The summed E-state index contributed by atoms with van der Waals surface area (Å²) in [7, 11) is 3.13. The van der Waals surface area contributed by atoms with Crippen molar-refractivity contribution in [1.82, 2.24) is 14.8 Å². The van der Waals surface area contributed by atoms with Gasteiger partial charge in [-0.15, -0.1) is 0 Å². The Balaban J connectivity index is 1.64. The molecule has 1 aliphatic heterocycles. The first kappa shape index (κ1) is 17.2. The molecule has 1 fully saturated rings. The molecule has 1 aromatic heterocycles. The Kier molecular flexibility index (Phi) is 5.50. The van der Waals surface area contributed by atoms with E-state index in [-0.39, 0.29) is 5.91 Å². The lowest BCUT2D eigenvalue weighted by Gasteiger charge is -2.35. The molecule has 25 heavy (non-hydrogen) atoms. The van der Waals surface area contributed by atoms with E-state index in [4.69, 9.17) is 9.47 Å². The first-order valence-electron chi connectivity index (χ1n) is 8.34. The number of ether oxygens (including phenoxy) is 2. The summed E-state index contributed by atoms with van der Waals surface area (Å²) in [6, 6.07) is 9.41. The molecule has 0 radical (unpaired) electrons. The first-order valence-corrected chi connectivity index (χ1v) is 8.34. The van der Waals surface area contributed by atoms with E-state index >= 15 is 0 Å². The summed E-state index contributed by atoms with van der Waals surface area (Å²) in [5, 5.41) is 0. The van der Waals surface area contributed by atoms with Crippen molar-refractivity contribution in [3.63, 3.8) is 0 Å². The number of piperazine rings is 1. The molecule has 0 unspecified atom stereocenters. The van der Waals surface area contributed by atoms with E-state index in [9.17, 15) is 4.79 Å². The lowest BCUT2D eigenvalue weighted by Crippen LogP contribution is -2.48. The SMILES string of the molecule is COc1cccc(C(=O)N2CCN(Cc3cccnc3)CC2)c1OC. The van der Waals surface area contributed by atoms with Crippen LogP contribution in [0.25, 0.3) is 0 Å². The van der Waals surface area contributed by atoms with Crippen LogP contribution in [0.15, 0.2) is 42.7 Å². The van der Waals surface area contributed by atoms with Gasteiger partial charge in [0, 0.05) is 45.1 Å². The molecule has 132 valence electrons. The summed E-state index contributed by atoms with van der Waals surface area (Å²) < 4.78 is 10.7. The maximum Gasteiger partial charge on any atom is 0.257 e. The largest absolute Gasteiger partial charge is 0.493 e. The van der Waals surface area contributed by atoms with Crippen molar-refractivity contribution in [2.45, 2.75) is 6.54 Å². The number of aromatic nitrogens is 1. The topological polar surface area (TPSA) is 54.9 Å². The lowest BCUT2D eigenvalue weighted by atomic mass is 10.1. The average Bonchev–Trinajstić information content (AvgIpc) is 2.68. The van der Waals surface area contributed by atoms with E-state index in [1.54, 1.807) is 32.5 Å². The normalized spacial score (nSPS) is 15.0. The van der Waals surface area contributed by atoms with Crippen LogP contribution >= 0.6 is 0 Å². The van der Waals surface area contributed by atoms with Gasteiger partial charge in [-0.2, -0.15) is 0 Å². The second-order valence-electron chi connectivity index (χ2n) is 5.97. The number of hydrogen-bond donors (Lipinski definition) is 0. The van der Waals surface area contributed by atoms with Gasteiger partial charge in [-0.3, -0.25) is 14.7 Å². The maximum absolute atomic E-state index is 12.9. The predicted octanol–water partition coefficient (Wildman–Crippen LogP) is 2.06. The summed E-state index contributed by atoms with van der Waals surface area (Å²) in [6.45, 7) is 3.93. The fourth-order valence-corrected chi connectivity index (χ4v) is 3.08. The van der Waals surface area contributed by atoms with Crippen LogP contribution in [0.2, 0.25) is 0 Å². The van der Waals surface area contributed by atoms with Gasteiger partial charge < -0.3 is 14.4 Å². The van der Waals surface area contributed by atoms with E-state index in [1.165, 1.54) is 5.56 Å². The van der Waals surface area contributed by atoms with Gasteiger partial charge in [-0.05, 0) is 23.8 Å². The number of amides is 1. The molecule has 6 heteroatoms. The van der Waals surface area contributed by atoms with Crippen LogP contribution in [0, 0.1) is 0 Å². The van der Waals surface area contributed by atoms with Crippen molar-refractivity contribution in [2.24, 2.45) is 0 Å². The maximum atomic E-state index is 12.9. The molecule has 1 aliphatic rings. The molecule has 0 bridgehead atoms. The fourth-order valence-electron chi connectivity index (χ4n) is 3.08. The minimum Gasteiger partial charge on any atom is -0.493 e. The Morgan fingerprint density at radius 3 is 2.52 bits per heavy atom. The lowest BCUT2D eigenvalue weighted by molar-refractivity contribution is 0.0624. The van der Waals surface area contributed by atoms with Gasteiger partial charge in [0.1, 0.15) is 0 Å². The van der Waals surface area contributed by atoms with Crippen molar-refractivity contribution in [3.8, 4) is 11.5 Å². The van der Waals surface area contributed by atoms with Crippen LogP contribution in [-0.2, 0) is 6.54 Å².